The molecule has 0 aromatic heterocycles. The van der Waals surface area contributed by atoms with Crippen molar-refractivity contribution < 1.29 is 19.0 Å². The Kier molecular flexibility index (Phi) is 7.92. The van der Waals surface area contributed by atoms with E-state index in [4.69, 9.17) is 4.74 Å². The number of aliphatic hydroxyl groups excluding tert-OH is 1. The molecule has 0 radical (unpaired) electrons. The number of aliphatic hydroxyl groups is 1. The van der Waals surface area contributed by atoms with Crippen LogP contribution in [-0.2, 0) is 0 Å². The van der Waals surface area contributed by atoms with Crippen molar-refractivity contribution in [2.24, 2.45) is 0 Å². The van der Waals surface area contributed by atoms with Crippen LogP contribution in [0.25, 0.3) is 0 Å². The van der Waals surface area contributed by atoms with Gasteiger partial charge in [0.15, 0.2) is 0 Å². The Balaban J connectivity index is 1.30. The van der Waals surface area contributed by atoms with Crippen LogP contribution < -0.4 is 10.1 Å². The monoisotopic (exact) mass is 513 g/mol. The van der Waals surface area contributed by atoms with Gasteiger partial charge >= 0.3 is 6.03 Å². The average molecular weight is 514 g/mol. The predicted octanol–water partition coefficient (Wildman–Crippen LogP) is 4.69. The minimum atomic E-state index is -0.386. The molecule has 0 aliphatic carbocycles. The molecule has 7 heteroatoms. The zero-order valence-electron chi connectivity index (χ0n) is 21.4. The number of nitrogens with zero attached hydrogens (tertiary/aromatic N) is 2. The number of ether oxygens (including phenoxy) is 1. The molecule has 0 unspecified atom stereocenters. The van der Waals surface area contributed by atoms with E-state index in [1.165, 1.54) is 12.1 Å². The number of benzene rings is 3. The largest absolute Gasteiger partial charge is 0.497 e. The van der Waals surface area contributed by atoms with Crippen molar-refractivity contribution in [1.29, 1.82) is 0 Å². The summed E-state index contributed by atoms with van der Waals surface area (Å²) in [5.74, 6) is 6.91. The van der Waals surface area contributed by atoms with E-state index in [1.54, 1.807) is 19.2 Å². The lowest BCUT2D eigenvalue weighted by Gasteiger charge is -2.57. The lowest BCUT2D eigenvalue weighted by Crippen LogP contribution is -2.68. The van der Waals surface area contributed by atoms with E-state index in [-0.39, 0.29) is 36.5 Å². The SMILES string of the molecule is COc1ccc(C#Cc2ccc([C@H]3[C@@H](CO)N4CCCCN(C(=O)Nc5cccc(F)c5)C[C@H]34)cc2)cc1. The number of halogens is 1. The molecule has 2 saturated heterocycles. The van der Waals surface area contributed by atoms with Crippen LogP contribution in [0, 0.1) is 17.7 Å². The zero-order chi connectivity index (χ0) is 26.5. The number of carbonyl (C=O) groups excluding carboxylic acids is 1. The van der Waals surface area contributed by atoms with E-state index >= 15 is 0 Å². The van der Waals surface area contributed by atoms with Gasteiger partial charge in [-0.05, 0) is 79.5 Å². The summed E-state index contributed by atoms with van der Waals surface area (Å²) in [5, 5.41) is 13.1. The van der Waals surface area contributed by atoms with E-state index in [2.05, 4.69) is 34.2 Å². The second kappa shape index (κ2) is 11.7. The Bertz CT molecular complexity index is 1320. The number of carbonyl (C=O) groups is 1. The molecule has 6 nitrogen and oxygen atoms in total. The molecule has 0 spiro atoms. The van der Waals surface area contributed by atoms with Gasteiger partial charge in [-0.3, -0.25) is 4.90 Å². The average Bonchev–Trinajstić information content (AvgIpc) is 2.92. The molecule has 38 heavy (non-hydrogen) atoms. The number of urea groups is 1. The van der Waals surface area contributed by atoms with Crippen LogP contribution in [0.1, 0.15) is 35.4 Å². The number of anilines is 1. The number of hydrogen-bond donors (Lipinski definition) is 2. The van der Waals surface area contributed by atoms with Crippen LogP contribution in [0.2, 0.25) is 0 Å². The van der Waals surface area contributed by atoms with Crippen molar-refractivity contribution in [3.63, 3.8) is 0 Å². The molecule has 0 bridgehead atoms. The van der Waals surface area contributed by atoms with Crippen molar-refractivity contribution in [3.8, 4) is 17.6 Å². The highest BCUT2D eigenvalue weighted by Crippen LogP contribution is 2.42. The van der Waals surface area contributed by atoms with Gasteiger partial charge in [-0.1, -0.05) is 30.0 Å². The molecule has 3 aromatic rings. The summed E-state index contributed by atoms with van der Waals surface area (Å²) < 4.78 is 18.8. The van der Waals surface area contributed by atoms with Crippen LogP contribution in [0.5, 0.6) is 5.75 Å². The number of hydrogen-bond acceptors (Lipinski definition) is 4. The lowest BCUT2D eigenvalue weighted by atomic mass is 9.74. The van der Waals surface area contributed by atoms with Crippen molar-refractivity contribution >= 4 is 11.7 Å². The summed E-state index contributed by atoms with van der Waals surface area (Å²) in [7, 11) is 1.64. The third-order valence-electron chi connectivity index (χ3n) is 7.47. The van der Waals surface area contributed by atoms with Gasteiger partial charge in [0.1, 0.15) is 11.6 Å². The summed E-state index contributed by atoms with van der Waals surface area (Å²) in [6, 6.07) is 21.7. The van der Waals surface area contributed by atoms with Crippen molar-refractivity contribution in [2.75, 3.05) is 38.7 Å². The molecule has 196 valence electrons. The van der Waals surface area contributed by atoms with Gasteiger partial charge in [-0.15, -0.1) is 0 Å². The predicted molar refractivity (Wildman–Crippen MR) is 146 cm³/mol. The third-order valence-corrected chi connectivity index (χ3v) is 7.47. The standard InChI is InChI=1S/C31H32FN3O3/c1-38-27-15-11-23(12-16-27)8-7-22-9-13-24(14-10-22)30-28-20-34(17-2-3-18-35(28)29(30)21-36)31(37)33-26-6-4-5-25(32)19-26/h4-6,9-16,19,28-30,36H,2-3,17-18,20-21H2,1H3,(H,33,37)/t28-,29-,30-/m1/s1. The second-order valence-electron chi connectivity index (χ2n) is 9.78. The first kappa shape index (κ1) is 25.8. The lowest BCUT2D eigenvalue weighted by molar-refractivity contribution is -0.0585. The van der Waals surface area contributed by atoms with E-state index in [9.17, 15) is 14.3 Å². The van der Waals surface area contributed by atoms with E-state index < -0.39 is 0 Å². The highest BCUT2D eigenvalue weighted by atomic mass is 19.1. The molecule has 3 aromatic carbocycles. The first-order chi connectivity index (χ1) is 18.6. The maximum absolute atomic E-state index is 13.6. The van der Waals surface area contributed by atoms with Gasteiger partial charge in [0.05, 0.1) is 13.7 Å². The van der Waals surface area contributed by atoms with Crippen LogP contribution in [-0.4, -0.2) is 66.4 Å². The molecule has 2 aliphatic heterocycles. The van der Waals surface area contributed by atoms with E-state index in [1.807, 2.05) is 41.3 Å². The van der Waals surface area contributed by atoms with E-state index in [0.717, 1.165) is 41.8 Å². The molecule has 2 heterocycles. The first-order valence-corrected chi connectivity index (χ1v) is 13.0. The normalized spacial score (nSPS) is 21.1. The molecular weight excluding hydrogens is 481 g/mol. The van der Waals surface area contributed by atoms with Crippen LogP contribution in [0.4, 0.5) is 14.9 Å². The van der Waals surface area contributed by atoms with Gasteiger partial charge in [-0.2, -0.15) is 0 Å². The summed E-state index contributed by atoms with van der Waals surface area (Å²) in [5.41, 5.74) is 3.40. The van der Waals surface area contributed by atoms with Gasteiger partial charge in [0, 0.05) is 47.9 Å². The van der Waals surface area contributed by atoms with E-state index in [0.29, 0.717) is 18.8 Å². The summed E-state index contributed by atoms with van der Waals surface area (Å²) in [6.07, 6.45) is 1.83. The molecule has 0 saturated carbocycles. The molecule has 5 rings (SSSR count). The second-order valence-corrected chi connectivity index (χ2v) is 9.78. The molecule has 2 amide bonds. The highest BCUT2D eigenvalue weighted by molar-refractivity contribution is 5.89. The van der Waals surface area contributed by atoms with Gasteiger partial charge in [-0.25, -0.2) is 9.18 Å². The minimum absolute atomic E-state index is 0.0162. The quantitative estimate of drug-likeness (QED) is 0.497. The van der Waals surface area contributed by atoms with Gasteiger partial charge in [0.2, 0.25) is 0 Å². The maximum Gasteiger partial charge on any atom is 0.321 e. The number of methoxy groups -OCH3 is 1. The smallest absolute Gasteiger partial charge is 0.321 e. The molecule has 2 fully saturated rings. The summed E-state index contributed by atoms with van der Waals surface area (Å²) in [4.78, 5) is 17.2. The Morgan fingerprint density at radius 1 is 1.03 bits per heavy atom. The fourth-order valence-electron chi connectivity index (χ4n) is 5.50. The minimum Gasteiger partial charge on any atom is -0.497 e. The fraction of sp³-hybridized carbons (Fsp3) is 0.323. The van der Waals surface area contributed by atoms with Gasteiger partial charge in [0.25, 0.3) is 0 Å². The van der Waals surface area contributed by atoms with Crippen LogP contribution in [0.15, 0.2) is 72.8 Å². The third kappa shape index (κ3) is 5.67. The zero-order valence-corrected chi connectivity index (χ0v) is 21.4. The number of amides is 2. The molecular formula is C31H32FN3O3. The Morgan fingerprint density at radius 3 is 2.37 bits per heavy atom. The molecule has 2 aliphatic rings. The van der Waals surface area contributed by atoms with Crippen LogP contribution >= 0.6 is 0 Å². The Labute approximate surface area is 223 Å². The van der Waals surface area contributed by atoms with Crippen molar-refractivity contribution in [3.05, 3.63) is 95.3 Å². The summed E-state index contributed by atoms with van der Waals surface area (Å²) >= 11 is 0. The van der Waals surface area contributed by atoms with Crippen molar-refractivity contribution in [2.45, 2.75) is 30.8 Å². The van der Waals surface area contributed by atoms with Crippen molar-refractivity contribution in [1.82, 2.24) is 9.80 Å². The molecule has 2 N–H and O–H groups in total. The first-order valence-electron chi connectivity index (χ1n) is 13.0. The molecule has 3 atom stereocenters. The summed E-state index contributed by atoms with van der Waals surface area (Å²) in [6.45, 7) is 2.15. The number of fused-ring (bicyclic) bond motifs is 1. The topological polar surface area (TPSA) is 65.0 Å². The Hall–Kier alpha value is -3.86. The number of nitrogens with one attached hydrogen (secondary N) is 1. The van der Waals surface area contributed by atoms with Gasteiger partial charge < -0.3 is 20.1 Å². The van der Waals surface area contributed by atoms with Crippen LogP contribution in [0.3, 0.4) is 0 Å². The fourth-order valence-corrected chi connectivity index (χ4v) is 5.50. The number of rotatable bonds is 4. The highest BCUT2D eigenvalue weighted by Gasteiger charge is 2.49. The Morgan fingerprint density at radius 2 is 1.71 bits per heavy atom. The maximum atomic E-state index is 13.6.